The minimum atomic E-state index is 0.0228. The second-order valence-corrected chi connectivity index (χ2v) is 5.28. The molecule has 0 atom stereocenters. The Morgan fingerprint density at radius 2 is 1.88 bits per heavy atom. The highest BCUT2D eigenvalue weighted by Crippen LogP contribution is 2.35. The number of aliphatic hydroxyl groups excluding tert-OH is 1. The van der Waals surface area contributed by atoms with Gasteiger partial charge in [0, 0.05) is 9.79 Å². The van der Waals surface area contributed by atoms with Gasteiger partial charge in [0.1, 0.15) is 0 Å². The summed E-state index contributed by atoms with van der Waals surface area (Å²) in [6.45, 7) is 2.10. The topological polar surface area (TPSA) is 20.2 Å². The molecule has 0 fully saturated rings. The van der Waals surface area contributed by atoms with Gasteiger partial charge in [0.25, 0.3) is 0 Å². The van der Waals surface area contributed by atoms with Crippen molar-refractivity contribution in [3.63, 3.8) is 0 Å². The van der Waals surface area contributed by atoms with Crippen LogP contribution >= 0.6 is 23.4 Å². The Balaban J connectivity index is 2.28. The zero-order chi connectivity index (χ0) is 12.3. The van der Waals surface area contributed by atoms with Gasteiger partial charge in [-0.2, -0.15) is 0 Å². The third-order valence-corrected chi connectivity index (χ3v) is 4.17. The molecule has 0 aliphatic rings. The van der Waals surface area contributed by atoms with Gasteiger partial charge in [0.15, 0.2) is 0 Å². The Morgan fingerprint density at radius 1 is 1.12 bits per heavy atom. The van der Waals surface area contributed by atoms with Crippen LogP contribution in [-0.2, 0) is 6.61 Å². The predicted octanol–water partition coefficient (Wildman–Crippen LogP) is 4.29. The summed E-state index contributed by atoms with van der Waals surface area (Å²) in [6, 6.07) is 13.9. The fourth-order valence-electron chi connectivity index (χ4n) is 1.51. The zero-order valence-electron chi connectivity index (χ0n) is 9.48. The molecule has 0 heterocycles. The summed E-state index contributed by atoms with van der Waals surface area (Å²) in [5, 5.41) is 9.71. The lowest BCUT2D eigenvalue weighted by Crippen LogP contribution is -1.85. The molecule has 2 aromatic rings. The molecular formula is C14H13ClOS. The van der Waals surface area contributed by atoms with Gasteiger partial charge < -0.3 is 5.11 Å². The molecule has 1 nitrogen and oxygen atoms in total. The lowest BCUT2D eigenvalue weighted by molar-refractivity contribution is 0.282. The lowest BCUT2D eigenvalue weighted by Gasteiger charge is -2.07. The average molecular weight is 265 g/mol. The second kappa shape index (κ2) is 5.58. The number of hydrogen-bond donors (Lipinski definition) is 1. The van der Waals surface area contributed by atoms with E-state index in [2.05, 4.69) is 19.1 Å². The van der Waals surface area contributed by atoms with E-state index in [1.54, 1.807) is 11.8 Å². The molecular weight excluding hydrogens is 252 g/mol. The molecule has 0 radical (unpaired) electrons. The van der Waals surface area contributed by atoms with Crippen LogP contribution in [0.4, 0.5) is 0 Å². The summed E-state index contributed by atoms with van der Waals surface area (Å²) in [7, 11) is 0. The van der Waals surface area contributed by atoms with Crippen molar-refractivity contribution in [3.05, 3.63) is 58.6 Å². The molecule has 17 heavy (non-hydrogen) atoms. The molecule has 0 unspecified atom stereocenters. The Morgan fingerprint density at radius 3 is 2.53 bits per heavy atom. The molecule has 2 rings (SSSR count). The van der Waals surface area contributed by atoms with Crippen LogP contribution in [0.3, 0.4) is 0 Å². The van der Waals surface area contributed by atoms with Crippen LogP contribution in [0.25, 0.3) is 0 Å². The maximum atomic E-state index is 9.02. The largest absolute Gasteiger partial charge is 0.392 e. The quantitative estimate of drug-likeness (QED) is 0.892. The summed E-state index contributed by atoms with van der Waals surface area (Å²) in [5.74, 6) is 0. The molecule has 0 aliphatic carbocycles. The van der Waals surface area contributed by atoms with Crippen LogP contribution in [0.5, 0.6) is 0 Å². The smallest absolute Gasteiger partial charge is 0.0682 e. The van der Waals surface area contributed by atoms with Crippen LogP contribution in [0, 0.1) is 6.92 Å². The van der Waals surface area contributed by atoms with Crippen molar-refractivity contribution in [2.24, 2.45) is 0 Å². The molecule has 2 aromatic carbocycles. The van der Waals surface area contributed by atoms with Gasteiger partial charge in [0.2, 0.25) is 0 Å². The molecule has 0 aliphatic heterocycles. The second-order valence-electron chi connectivity index (χ2n) is 3.79. The number of hydrogen-bond acceptors (Lipinski definition) is 2. The van der Waals surface area contributed by atoms with Gasteiger partial charge in [-0.05, 0) is 36.2 Å². The zero-order valence-corrected chi connectivity index (χ0v) is 11.1. The first-order chi connectivity index (χ1) is 8.20. The SMILES string of the molecule is Cc1ccccc1Sc1ccc(CO)cc1Cl. The van der Waals surface area contributed by atoms with Gasteiger partial charge in [-0.15, -0.1) is 0 Å². The minimum absolute atomic E-state index is 0.0228. The number of benzene rings is 2. The number of rotatable bonds is 3. The Hall–Kier alpha value is -0.960. The standard InChI is InChI=1S/C14H13ClOS/c1-10-4-2-3-5-13(10)17-14-7-6-11(9-16)8-12(14)15/h2-8,16H,9H2,1H3. The van der Waals surface area contributed by atoms with Crippen molar-refractivity contribution in [1.82, 2.24) is 0 Å². The fraction of sp³-hybridized carbons (Fsp3) is 0.143. The number of aryl methyl sites for hydroxylation is 1. The number of halogens is 1. The van der Waals surface area contributed by atoms with E-state index in [9.17, 15) is 0 Å². The first-order valence-corrected chi connectivity index (χ1v) is 6.53. The highest BCUT2D eigenvalue weighted by Gasteiger charge is 2.05. The summed E-state index contributed by atoms with van der Waals surface area (Å²) in [6.07, 6.45) is 0. The molecule has 0 saturated heterocycles. The summed E-state index contributed by atoms with van der Waals surface area (Å²) < 4.78 is 0. The monoisotopic (exact) mass is 264 g/mol. The van der Waals surface area contributed by atoms with E-state index in [1.165, 1.54) is 10.5 Å². The van der Waals surface area contributed by atoms with Crippen molar-refractivity contribution in [2.75, 3.05) is 0 Å². The van der Waals surface area contributed by atoms with Gasteiger partial charge in [-0.25, -0.2) is 0 Å². The maximum absolute atomic E-state index is 9.02. The minimum Gasteiger partial charge on any atom is -0.392 e. The van der Waals surface area contributed by atoms with Crippen molar-refractivity contribution in [1.29, 1.82) is 0 Å². The molecule has 88 valence electrons. The Labute approximate surface area is 110 Å². The maximum Gasteiger partial charge on any atom is 0.0682 e. The van der Waals surface area contributed by atoms with Crippen molar-refractivity contribution >= 4 is 23.4 Å². The molecule has 0 saturated carbocycles. The third-order valence-electron chi connectivity index (χ3n) is 2.49. The van der Waals surface area contributed by atoms with Gasteiger partial charge >= 0.3 is 0 Å². The first-order valence-electron chi connectivity index (χ1n) is 5.33. The van der Waals surface area contributed by atoms with Crippen LogP contribution in [-0.4, -0.2) is 5.11 Å². The van der Waals surface area contributed by atoms with E-state index in [0.717, 1.165) is 10.5 Å². The van der Waals surface area contributed by atoms with E-state index in [4.69, 9.17) is 16.7 Å². The first kappa shape index (κ1) is 12.5. The fourth-order valence-corrected chi connectivity index (χ4v) is 2.74. The van der Waals surface area contributed by atoms with E-state index < -0.39 is 0 Å². The van der Waals surface area contributed by atoms with Crippen LogP contribution in [0.2, 0.25) is 5.02 Å². The summed E-state index contributed by atoms with van der Waals surface area (Å²) >= 11 is 7.82. The van der Waals surface area contributed by atoms with E-state index in [0.29, 0.717) is 5.02 Å². The Bertz CT molecular complexity index is 525. The molecule has 0 aromatic heterocycles. The third kappa shape index (κ3) is 3.03. The predicted molar refractivity (Wildman–Crippen MR) is 72.7 cm³/mol. The molecule has 3 heteroatoms. The average Bonchev–Trinajstić information content (AvgIpc) is 2.34. The van der Waals surface area contributed by atoms with Crippen molar-refractivity contribution < 1.29 is 5.11 Å². The van der Waals surface area contributed by atoms with Crippen LogP contribution < -0.4 is 0 Å². The van der Waals surface area contributed by atoms with Gasteiger partial charge in [-0.3, -0.25) is 0 Å². The molecule has 1 N–H and O–H groups in total. The van der Waals surface area contributed by atoms with E-state index >= 15 is 0 Å². The van der Waals surface area contributed by atoms with Crippen molar-refractivity contribution in [3.8, 4) is 0 Å². The van der Waals surface area contributed by atoms with E-state index in [-0.39, 0.29) is 6.61 Å². The van der Waals surface area contributed by atoms with Crippen LogP contribution in [0.15, 0.2) is 52.3 Å². The lowest BCUT2D eigenvalue weighted by atomic mass is 10.2. The van der Waals surface area contributed by atoms with Crippen LogP contribution in [0.1, 0.15) is 11.1 Å². The number of aliphatic hydroxyl groups is 1. The summed E-state index contributed by atoms with van der Waals surface area (Å²) in [4.78, 5) is 2.21. The normalized spacial score (nSPS) is 10.5. The molecule has 0 amide bonds. The molecule has 0 spiro atoms. The van der Waals surface area contributed by atoms with Gasteiger partial charge in [0.05, 0.1) is 11.6 Å². The summed E-state index contributed by atoms with van der Waals surface area (Å²) in [5.41, 5.74) is 2.07. The highest BCUT2D eigenvalue weighted by atomic mass is 35.5. The van der Waals surface area contributed by atoms with E-state index in [1.807, 2.05) is 30.3 Å². The highest BCUT2D eigenvalue weighted by molar-refractivity contribution is 7.99. The molecule has 0 bridgehead atoms. The van der Waals surface area contributed by atoms with Crippen molar-refractivity contribution in [2.45, 2.75) is 23.3 Å². The van der Waals surface area contributed by atoms with Gasteiger partial charge in [-0.1, -0.05) is 47.6 Å². The Kier molecular flexibility index (Phi) is 4.11.